The highest BCUT2D eigenvalue weighted by Gasteiger charge is 2.29. The Morgan fingerprint density at radius 2 is 2.23 bits per heavy atom. The van der Waals surface area contributed by atoms with Crippen LogP contribution in [0.15, 0.2) is 0 Å². The number of rotatable bonds is 2. The number of carbonyl (C=O) groups excluding carboxylic acids is 1. The van der Waals surface area contributed by atoms with E-state index in [1.54, 1.807) is 4.90 Å². The third-order valence-corrected chi connectivity index (χ3v) is 2.48. The van der Waals surface area contributed by atoms with Crippen LogP contribution in [0.3, 0.4) is 0 Å². The van der Waals surface area contributed by atoms with Crippen molar-refractivity contribution in [3.05, 3.63) is 0 Å². The van der Waals surface area contributed by atoms with E-state index < -0.39 is 6.04 Å². The van der Waals surface area contributed by atoms with Crippen molar-refractivity contribution in [2.45, 2.75) is 32.4 Å². The Labute approximate surface area is 78.7 Å². The molecule has 1 rings (SSSR count). The van der Waals surface area contributed by atoms with E-state index in [1.165, 1.54) is 0 Å². The summed E-state index contributed by atoms with van der Waals surface area (Å²) in [7, 11) is 0. The number of β-amino-alcohol motifs (C(OH)–C–C–N with tert-alkyl or cyclic N) is 1. The lowest BCUT2D eigenvalue weighted by Crippen LogP contribution is -2.45. The minimum Gasteiger partial charge on any atom is -0.391 e. The molecule has 0 bridgehead atoms. The van der Waals surface area contributed by atoms with Crippen molar-refractivity contribution in [2.75, 3.05) is 13.1 Å². The Balaban J connectivity index is 2.48. The molecule has 4 heteroatoms. The van der Waals surface area contributed by atoms with Gasteiger partial charge in [0, 0.05) is 13.1 Å². The predicted octanol–water partition coefficient (Wildman–Crippen LogP) is -0.437. The number of amides is 1. The molecule has 1 saturated heterocycles. The number of aliphatic hydroxyl groups is 1. The highest BCUT2D eigenvalue weighted by molar-refractivity contribution is 5.82. The van der Waals surface area contributed by atoms with Crippen LogP contribution in [0, 0.1) is 5.92 Å². The number of aliphatic hydroxyl groups excluding tert-OH is 1. The van der Waals surface area contributed by atoms with Crippen LogP contribution in [0.25, 0.3) is 0 Å². The third-order valence-electron chi connectivity index (χ3n) is 2.48. The van der Waals surface area contributed by atoms with E-state index in [-0.39, 0.29) is 17.9 Å². The van der Waals surface area contributed by atoms with Crippen LogP contribution in [0.2, 0.25) is 0 Å². The highest BCUT2D eigenvalue weighted by Crippen LogP contribution is 2.12. The van der Waals surface area contributed by atoms with Crippen LogP contribution < -0.4 is 5.73 Å². The molecule has 0 spiro atoms. The first-order valence-electron chi connectivity index (χ1n) is 4.74. The normalized spacial score (nSPS) is 25.3. The first-order valence-corrected chi connectivity index (χ1v) is 4.74. The monoisotopic (exact) mass is 186 g/mol. The summed E-state index contributed by atoms with van der Waals surface area (Å²) in [6.45, 7) is 4.93. The molecule has 0 aromatic rings. The first kappa shape index (κ1) is 10.5. The summed E-state index contributed by atoms with van der Waals surface area (Å²) >= 11 is 0. The lowest BCUT2D eigenvalue weighted by molar-refractivity contribution is -0.132. The average molecular weight is 186 g/mol. The van der Waals surface area contributed by atoms with Crippen molar-refractivity contribution in [3.63, 3.8) is 0 Å². The van der Waals surface area contributed by atoms with Crippen molar-refractivity contribution in [1.82, 2.24) is 4.90 Å². The summed E-state index contributed by atoms with van der Waals surface area (Å²) in [5.41, 5.74) is 5.71. The summed E-state index contributed by atoms with van der Waals surface area (Å²) in [5, 5.41) is 9.23. The Morgan fingerprint density at radius 3 is 2.62 bits per heavy atom. The molecule has 1 aliphatic heterocycles. The van der Waals surface area contributed by atoms with E-state index in [1.807, 2.05) is 13.8 Å². The largest absolute Gasteiger partial charge is 0.391 e. The lowest BCUT2D eigenvalue weighted by Gasteiger charge is -2.22. The second kappa shape index (κ2) is 4.07. The van der Waals surface area contributed by atoms with Gasteiger partial charge in [-0.05, 0) is 12.3 Å². The van der Waals surface area contributed by atoms with Crippen LogP contribution in [0.1, 0.15) is 20.3 Å². The molecule has 3 N–H and O–H groups in total. The van der Waals surface area contributed by atoms with Crippen molar-refractivity contribution in [1.29, 1.82) is 0 Å². The number of carbonyl (C=O) groups is 1. The Hall–Kier alpha value is -0.610. The summed E-state index contributed by atoms with van der Waals surface area (Å²) in [5.74, 6) is 0.122. The standard InChI is InChI=1S/C9H18N2O2/c1-6(2)8(10)9(13)11-4-3-7(12)5-11/h6-8,12H,3-5,10H2,1-2H3/t7?,8-/m0/s1. The number of nitrogens with two attached hydrogens (primary N) is 1. The Morgan fingerprint density at radius 1 is 1.62 bits per heavy atom. The van der Waals surface area contributed by atoms with E-state index in [4.69, 9.17) is 5.73 Å². The zero-order chi connectivity index (χ0) is 10.0. The molecule has 0 radical (unpaired) electrons. The van der Waals surface area contributed by atoms with Crippen LogP contribution in [0.5, 0.6) is 0 Å². The maximum Gasteiger partial charge on any atom is 0.239 e. The topological polar surface area (TPSA) is 66.6 Å². The fourth-order valence-corrected chi connectivity index (χ4v) is 1.44. The zero-order valence-electron chi connectivity index (χ0n) is 8.23. The second-order valence-electron chi connectivity index (χ2n) is 4.00. The molecule has 76 valence electrons. The maximum absolute atomic E-state index is 11.6. The van der Waals surface area contributed by atoms with Gasteiger partial charge in [0.05, 0.1) is 12.1 Å². The number of likely N-dealkylation sites (tertiary alicyclic amines) is 1. The molecule has 1 unspecified atom stereocenters. The highest BCUT2D eigenvalue weighted by atomic mass is 16.3. The molecule has 1 aliphatic rings. The molecule has 0 aromatic heterocycles. The van der Waals surface area contributed by atoms with Gasteiger partial charge in [-0.2, -0.15) is 0 Å². The van der Waals surface area contributed by atoms with Crippen LogP contribution >= 0.6 is 0 Å². The van der Waals surface area contributed by atoms with Gasteiger partial charge in [0.1, 0.15) is 0 Å². The first-order chi connectivity index (χ1) is 6.02. The fourth-order valence-electron chi connectivity index (χ4n) is 1.44. The van der Waals surface area contributed by atoms with Gasteiger partial charge in [-0.15, -0.1) is 0 Å². The van der Waals surface area contributed by atoms with E-state index >= 15 is 0 Å². The van der Waals surface area contributed by atoms with E-state index in [2.05, 4.69) is 0 Å². The van der Waals surface area contributed by atoms with Crippen molar-refractivity contribution < 1.29 is 9.90 Å². The van der Waals surface area contributed by atoms with E-state index in [0.717, 1.165) is 0 Å². The van der Waals surface area contributed by atoms with Crippen molar-refractivity contribution in [3.8, 4) is 0 Å². The van der Waals surface area contributed by atoms with Gasteiger partial charge < -0.3 is 15.7 Å². The van der Waals surface area contributed by atoms with Gasteiger partial charge in [0.15, 0.2) is 0 Å². The second-order valence-corrected chi connectivity index (χ2v) is 4.00. The SMILES string of the molecule is CC(C)[C@H](N)C(=O)N1CCC(O)C1. The maximum atomic E-state index is 11.6. The quantitative estimate of drug-likeness (QED) is 0.614. The minimum atomic E-state index is -0.426. The Kier molecular flexibility index (Phi) is 3.27. The molecule has 0 aliphatic carbocycles. The summed E-state index contributed by atoms with van der Waals surface area (Å²) in [6.07, 6.45) is 0.319. The van der Waals surface area contributed by atoms with Gasteiger partial charge in [0.2, 0.25) is 5.91 Å². The van der Waals surface area contributed by atoms with Crippen LogP contribution in [0.4, 0.5) is 0 Å². The Bertz CT molecular complexity index is 194. The van der Waals surface area contributed by atoms with Gasteiger partial charge in [-0.25, -0.2) is 0 Å². The molecule has 13 heavy (non-hydrogen) atoms. The lowest BCUT2D eigenvalue weighted by atomic mass is 10.0. The average Bonchev–Trinajstić information content (AvgIpc) is 2.49. The summed E-state index contributed by atoms with van der Waals surface area (Å²) in [4.78, 5) is 13.3. The smallest absolute Gasteiger partial charge is 0.239 e. The van der Waals surface area contributed by atoms with Gasteiger partial charge >= 0.3 is 0 Å². The van der Waals surface area contributed by atoms with Crippen LogP contribution in [-0.2, 0) is 4.79 Å². The minimum absolute atomic E-state index is 0.0356. The molecule has 1 amide bonds. The van der Waals surface area contributed by atoms with Crippen molar-refractivity contribution in [2.24, 2.45) is 11.7 Å². The molecule has 1 heterocycles. The fraction of sp³-hybridized carbons (Fsp3) is 0.889. The zero-order valence-corrected chi connectivity index (χ0v) is 8.23. The van der Waals surface area contributed by atoms with Gasteiger partial charge in [0.25, 0.3) is 0 Å². The van der Waals surface area contributed by atoms with E-state index in [0.29, 0.717) is 19.5 Å². The number of hydrogen-bond acceptors (Lipinski definition) is 3. The third kappa shape index (κ3) is 2.42. The molecule has 4 nitrogen and oxygen atoms in total. The number of hydrogen-bond donors (Lipinski definition) is 2. The number of nitrogens with zero attached hydrogens (tertiary/aromatic N) is 1. The molecular weight excluding hydrogens is 168 g/mol. The molecule has 2 atom stereocenters. The molecule has 1 fully saturated rings. The van der Waals surface area contributed by atoms with Crippen molar-refractivity contribution >= 4 is 5.91 Å². The van der Waals surface area contributed by atoms with E-state index in [9.17, 15) is 9.90 Å². The molecular formula is C9H18N2O2. The summed E-state index contributed by atoms with van der Waals surface area (Å²) in [6, 6.07) is -0.426. The summed E-state index contributed by atoms with van der Waals surface area (Å²) < 4.78 is 0. The molecule has 0 saturated carbocycles. The van der Waals surface area contributed by atoms with Crippen LogP contribution in [-0.4, -0.2) is 41.1 Å². The predicted molar refractivity (Wildman–Crippen MR) is 50.0 cm³/mol. The van der Waals surface area contributed by atoms with Gasteiger partial charge in [-0.1, -0.05) is 13.8 Å². The van der Waals surface area contributed by atoms with Gasteiger partial charge in [-0.3, -0.25) is 4.79 Å². The molecule has 0 aromatic carbocycles.